The fourth-order valence-electron chi connectivity index (χ4n) is 1.54. The predicted octanol–water partition coefficient (Wildman–Crippen LogP) is 2.25. The molecule has 0 atom stereocenters. The van der Waals surface area contributed by atoms with Crippen molar-refractivity contribution in [3.8, 4) is 0 Å². The van der Waals surface area contributed by atoms with Gasteiger partial charge in [0.25, 0.3) is 0 Å². The van der Waals surface area contributed by atoms with Gasteiger partial charge in [0.2, 0.25) is 0 Å². The zero-order valence-electron chi connectivity index (χ0n) is 11.4. The number of ether oxygens (including phenoxy) is 1. The lowest BCUT2D eigenvalue weighted by molar-refractivity contribution is 0.0696. The average molecular weight is 322 g/mol. The number of hydrogen-bond donors (Lipinski definition) is 1. The van der Waals surface area contributed by atoms with Gasteiger partial charge in [0, 0.05) is 6.61 Å². The average Bonchev–Trinajstić information content (AvgIpc) is 2.40. The molecule has 1 rings (SSSR count). The van der Waals surface area contributed by atoms with E-state index in [9.17, 15) is 22.0 Å². The van der Waals surface area contributed by atoms with Gasteiger partial charge >= 0.3 is 5.97 Å². The fraction of sp³-hybridized carbons (Fsp3) is 0.462. The number of sulfone groups is 1. The molecule has 0 aliphatic carbocycles. The van der Waals surface area contributed by atoms with Gasteiger partial charge in [-0.25, -0.2) is 22.0 Å². The molecule has 0 saturated carbocycles. The molecule has 8 heteroatoms. The number of rotatable bonds is 8. The van der Waals surface area contributed by atoms with E-state index in [0.717, 1.165) is 12.8 Å². The maximum atomic E-state index is 13.6. The summed E-state index contributed by atoms with van der Waals surface area (Å²) >= 11 is 0. The second-order valence-corrected chi connectivity index (χ2v) is 6.44. The van der Waals surface area contributed by atoms with Crippen LogP contribution in [0.4, 0.5) is 8.78 Å². The van der Waals surface area contributed by atoms with E-state index in [2.05, 4.69) is 0 Å². The number of aromatic carboxylic acids is 1. The van der Waals surface area contributed by atoms with Gasteiger partial charge in [-0.05, 0) is 18.6 Å². The van der Waals surface area contributed by atoms with E-state index >= 15 is 0 Å². The van der Waals surface area contributed by atoms with Gasteiger partial charge in [0.15, 0.2) is 21.5 Å². The third kappa shape index (κ3) is 4.75. The summed E-state index contributed by atoms with van der Waals surface area (Å²) in [6, 6.07) is 1.05. The van der Waals surface area contributed by atoms with Gasteiger partial charge in [0.1, 0.15) is 4.90 Å². The molecule has 0 aliphatic rings. The van der Waals surface area contributed by atoms with Crippen LogP contribution < -0.4 is 0 Å². The fourth-order valence-corrected chi connectivity index (χ4v) is 2.77. The molecule has 0 saturated heterocycles. The van der Waals surface area contributed by atoms with Crippen molar-refractivity contribution in [2.75, 3.05) is 19.0 Å². The van der Waals surface area contributed by atoms with Crippen molar-refractivity contribution in [1.29, 1.82) is 0 Å². The summed E-state index contributed by atoms with van der Waals surface area (Å²) in [6.07, 6.45) is 1.64. The summed E-state index contributed by atoms with van der Waals surface area (Å²) in [5.41, 5.74) is -0.626. The maximum absolute atomic E-state index is 13.6. The predicted molar refractivity (Wildman–Crippen MR) is 71.1 cm³/mol. The molecule has 0 radical (unpaired) electrons. The molecule has 0 bridgehead atoms. The number of unbranched alkanes of at least 4 members (excludes halogenated alkanes) is 1. The monoisotopic (exact) mass is 322 g/mol. The van der Waals surface area contributed by atoms with Crippen molar-refractivity contribution >= 4 is 15.8 Å². The molecule has 0 fully saturated rings. The van der Waals surface area contributed by atoms with Crippen LogP contribution in [-0.4, -0.2) is 38.5 Å². The van der Waals surface area contributed by atoms with Crippen LogP contribution in [0, 0.1) is 11.6 Å². The Bertz CT molecular complexity index is 613. The minimum Gasteiger partial charge on any atom is -0.478 e. The minimum atomic E-state index is -4.16. The summed E-state index contributed by atoms with van der Waals surface area (Å²) in [4.78, 5) is 9.81. The summed E-state index contributed by atoms with van der Waals surface area (Å²) in [5.74, 6) is -5.17. The summed E-state index contributed by atoms with van der Waals surface area (Å²) < 4.78 is 55.8. The quantitative estimate of drug-likeness (QED) is 0.743. The highest BCUT2D eigenvalue weighted by Crippen LogP contribution is 2.21. The van der Waals surface area contributed by atoms with Crippen molar-refractivity contribution in [2.45, 2.75) is 24.7 Å². The van der Waals surface area contributed by atoms with Crippen molar-refractivity contribution in [3.63, 3.8) is 0 Å². The lowest BCUT2D eigenvalue weighted by atomic mass is 10.2. The Morgan fingerprint density at radius 3 is 2.52 bits per heavy atom. The number of hydrogen-bond acceptors (Lipinski definition) is 4. The molecular formula is C13H16F2O5S. The maximum Gasteiger partial charge on any atom is 0.335 e. The van der Waals surface area contributed by atoms with E-state index in [1.165, 1.54) is 0 Å². The van der Waals surface area contributed by atoms with Gasteiger partial charge in [-0.2, -0.15) is 0 Å². The Labute approximate surface area is 121 Å². The first-order valence-electron chi connectivity index (χ1n) is 6.32. The van der Waals surface area contributed by atoms with E-state index in [4.69, 9.17) is 9.84 Å². The largest absolute Gasteiger partial charge is 0.478 e. The normalized spacial score (nSPS) is 11.6. The minimum absolute atomic E-state index is 0.166. The van der Waals surface area contributed by atoms with Crippen molar-refractivity contribution in [3.05, 3.63) is 29.3 Å². The Hall–Kier alpha value is -1.54. The van der Waals surface area contributed by atoms with Gasteiger partial charge in [-0.3, -0.25) is 0 Å². The van der Waals surface area contributed by atoms with Crippen LogP contribution in [0.3, 0.4) is 0 Å². The molecule has 21 heavy (non-hydrogen) atoms. The van der Waals surface area contributed by atoms with Crippen molar-refractivity contribution < 1.29 is 31.8 Å². The van der Waals surface area contributed by atoms with Crippen LogP contribution >= 0.6 is 0 Å². The molecule has 0 heterocycles. The number of halogens is 2. The molecular weight excluding hydrogens is 306 g/mol. The molecule has 0 aromatic heterocycles. The highest BCUT2D eigenvalue weighted by atomic mass is 32.2. The first-order valence-corrected chi connectivity index (χ1v) is 7.97. The molecule has 118 valence electrons. The van der Waals surface area contributed by atoms with Crippen LogP contribution in [0.15, 0.2) is 17.0 Å². The third-order valence-corrected chi connectivity index (χ3v) is 4.39. The van der Waals surface area contributed by atoms with E-state index in [1.807, 2.05) is 6.92 Å². The third-order valence-electron chi connectivity index (χ3n) is 2.72. The first-order chi connectivity index (χ1) is 9.79. The Morgan fingerprint density at radius 1 is 1.29 bits per heavy atom. The SMILES string of the molecule is CCCCOCCS(=O)(=O)c1cc(C(=O)O)cc(F)c1F. The second-order valence-electron chi connectivity index (χ2n) is 4.36. The van der Waals surface area contributed by atoms with Crippen LogP contribution in [0.2, 0.25) is 0 Å². The summed E-state index contributed by atoms with van der Waals surface area (Å²) in [6.45, 7) is 2.15. The van der Waals surface area contributed by atoms with E-state index < -0.39 is 43.7 Å². The highest BCUT2D eigenvalue weighted by molar-refractivity contribution is 7.91. The second kappa shape index (κ2) is 7.46. The van der Waals surface area contributed by atoms with Crippen LogP contribution in [-0.2, 0) is 14.6 Å². The van der Waals surface area contributed by atoms with Crippen molar-refractivity contribution in [1.82, 2.24) is 0 Å². The number of carbonyl (C=O) groups is 1. The molecule has 0 amide bonds. The van der Waals surface area contributed by atoms with E-state index in [1.54, 1.807) is 0 Å². The topological polar surface area (TPSA) is 80.7 Å². The molecule has 0 aliphatic heterocycles. The first kappa shape index (κ1) is 17.5. The van der Waals surface area contributed by atoms with Crippen LogP contribution in [0.25, 0.3) is 0 Å². The summed E-state index contributed by atoms with van der Waals surface area (Å²) in [5, 5.41) is 8.75. The molecule has 1 N–H and O–H groups in total. The van der Waals surface area contributed by atoms with Crippen LogP contribution in [0.1, 0.15) is 30.1 Å². The molecule has 0 unspecified atom stereocenters. The lowest BCUT2D eigenvalue weighted by Gasteiger charge is -2.08. The molecule has 1 aromatic carbocycles. The standard InChI is InChI=1S/C13H16F2O5S/c1-2-3-4-20-5-6-21(18,19)11-8-9(13(16)17)7-10(14)12(11)15/h7-8H,2-6H2,1H3,(H,16,17). The number of carboxylic acid groups (broad SMARTS) is 1. The Kier molecular flexibility index (Phi) is 6.22. The zero-order chi connectivity index (χ0) is 16.0. The van der Waals surface area contributed by atoms with Gasteiger partial charge in [-0.1, -0.05) is 13.3 Å². The lowest BCUT2D eigenvalue weighted by Crippen LogP contribution is -2.16. The molecule has 1 aromatic rings. The Morgan fingerprint density at radius 2 is 1.95 bits per heavy atom. The molecule has 5 nitrogen and oxygen atoms in total. The van der Waals surface area contributed by atoms with Gasteiger partial charge in [0.05, 0.1) is 17.9 Å². The zero-order valence-corrected chi connectivity index (χ0v) is 12.3. The smallest absolute Gasteiger partial charge is 0.335 e. The van der Waals surface area contributed by atoms with E-state index in [-0.39, 0.29) is 6.61 Å². The highest BCUT2D eigenvalue weighted by Gasteiger charge is 2.24. The van der Waals surface area contributed by atoms with Gasteiger partial charge < -0.3 is 9.84 Å². The van der Waals surface area contributed by atoms with Gasteiger partial charge in [-0.15, -0.1) is 0 Å². The number of carboxylic acids is 1. The number of benzene rings is 1. The Balaban J connectivity index is 2.94. The summed E-state index contributed by atoms with van der Waals surface area (Å²) in [7, 11) is -4.16. The molecule has 0 spiro atoms. The van der Waals surface area contributed by atoms with Crippen molar-refractivity contribution in [2.24, 2.45) is 0 Å². The van der Waals surface area contributed by atoms with E-state index in [0.29, 0.717) is 18.7 Å². The van der Waals surface area contributed by atoms with Crippen LogP contribution in [0.5, 0.6) is 0 Å².